The number of rotatable bonds is 5. The SMILES string of the molecule is CC1CCN(C(=O)CN2CC[C@H](CNc3ncccc3C#N)C2)CC1. The minimum atomic E-state index is 0.275. The topological polar surface area (TPSA) is 72.3 Å². The van der Waals surface area contributed by atoms with E-state index in [-0.39, 0.29) is 5.91 Å². The molecule has 0 bridgehead atoms. The summed E-state index contributed by atoms with van der Waals surface area (Å²) in [5, 5.41) is 12.4. The van der Waals surface area contributed by atoms with E-state index in [0.29, 0.717) is 23.8 Å². The van der Waals surface area contributed by atoms with Crippen molar-refractivity contribution in [1.29, 1.82) is 5.26 Å². The van der Waals surface area contributed by atoms with Gasteiger partial charge in [0, 0.05) is 32.4 Å². The van der Waals surface area contributed by atoms with Crippen molar-refractivity contribution in [2.45, 2.75) is 26.2 Å². The number of nitrogens with one attached hydrogen (secondary N) is 1. The first-order chi connectivity index (χ1) is 12.2. The van der Waals surface area contributed by atoms with Crippen LogP contribution in [0, 0.1) is 23.2 Å². The third-order valence-electron chi connectivity index (χ3n) is 5.35. The van der Waals surface area contributed by atoms with Gasteiger partial charge in [-0.05, 0) is 49.8 Å². The van der Waals surface area contributed by atoms with Crippen molar-refractivity contribution in [1.82, 2.24) is 14.8 Å². The summed E-state index contributed by atoms with van der Waals surface area (Å²) >= 11 is 0. The van der Waals surface area contributed by atoms with Crippen LogP contribution < -0.4 is 5.32 Å². The van der Waals surface area contributed by atoms with Crippen LogP contribution in [0.5, 0.6) is 0 Å². The number of anilines is 1. The molecule has 6 nitrogen and oxygen atoms in total. The molecule has 6 heteroatoms. The lowest BCUT2D eigenvalue weighted by atomic mass is 9.99. The van der Waals surface area contributed by atoms with Crippen LogP contribution in [0.25, 0.3) is 0 Å². The normalized spacial score (nSPS) is 21.9. The maximum Gasteiger partial charge on any atom is 0.236 e. The molecule has 25 heavy (non-hydrogen) atoms. The summed E-state index contributed by atoms with van der Waals surface area (Å²) in [7, 11) is 0. The van der Waals surface area contributed by atoms with Crippen LogP contribution in [-0.4, -0.2) is 60.0 Å². The average Bonchev–Trinajstić information content (AvgIpc) is 3.08. The lowest BCUT2D eigenvalue weighted by molar-refractivity contribution is -0.133. The van der Waals surface area contributed by atoms with E-state index in [9.17, 15) is 4.79 Å². The maximum absolute atomic E-state index is 12.5. The van der Waals surface area contributed by atoms with Gasteiger partial charge >= 0.3 is 0 Å². The van der Waals surface area contributed by atoms with Crippen LogP contribution >= 0.6 is 0 Å². The molecule has 3 rings (SSSR count). The van der Waals surface area contributed by atoms with Gasteiger partial charge in [-0.1, -0.05) is 6.92 Å². The molecule has 1 atom stereocenters. The van der Waals surface area contributed by atoms with Gasteiger partial charge in [0.25, 0.3) is 0 Å². The molecule has 0 saturated carbocycles. The highest BCUT2D eigenvalue weighted by molar-refractivity contribution is 5.78. The van der Waals surface area contributed by atoms with E-state index in [0.717, 1.165) is 57.9 Å². The number of aromatic nitrogens is 1. The Kier molecular flexibility index (Phi) is 5.87. The molecule has 0 radical (unpaired) electrons. The lowest BCUT2D eigenvalue weighted by Gasteiger charge is -2.31. The number of piperidine rings is 1. The van der Waals surface area contributed by atoms with Gasteiger partial charge in [0.05, 0.1) is 12.1 Å². The molecule has 0 aliphatic carbocycles. The summed E-state index contributed by atoms with van der Waals surface area (Å²) in [6.45, 7) is 7.31. The van der Waals surface area contributed by atoms with Crippen LogP contribution in [-0.2, 0) is 4.79 Å². The van der Waals surface area contributed by atoms with Gasteiger partial charge in [0.1, 0.15) is 11.9 Å². The first-order valence-corrected chi connectivity index (χ1v) is 9.25. The molecule has 1 amide bonds. The Hall–Kier alpha value is -2.13. The highest BCUT2D eigenvalue weighted by Crippen LogP contribution is 2.20. The molecule has 2 aliphatic heterocycles. The van der Waals surface area contributed by atoms with Crippen LogP contribution in [0.1, 0.15) is 31.7 Å². The van der Waals surface area contributed by atoms with Gasteiger partial charge in [-0.25, -0.2) is 4.98 Å². The fourth-order valence-electron chi connectivity index (χ4n) is 3.65. The molecular formula is C19H27N5O. The Morgan fingerprint density at radius 2 is 2.16 bits per heavy atom. The lowest BCUT2D eigenvalue weighted by Crippen LogP contribution is -2.43. The van der Waals surface area contributed by atoms with Crippen molar-refractivity contribution in [3.8, 4) is 6.07 Å². The number of nitrogens with zero attached hydrogens (tertiary/aromatic N) is 4. The third-order valence-corrected chi connectivity index (χ3v) is 5.35. The summed E-state index contributed by atoms with van der Waals surface area (Å²) in [5.74, 6) is 2.16. The second kappa shape index (κ2) is 8.30. The second-order valence-corrected chi connectivity index (χ2v) is 7.35. The third kappa shape index (κ3) is 4.70. The van der Waals surface area contributed by atoms with Gasteiger partial charge in [-0.3, -0.25) is 9.69 Å². The van der Waals surface area contributed by atoms with E-state index in [1.54, 1.807) is 18.3 Å². The number of hydrogen-bond donors (Lipinski definition) is 1. The maximum atomic E-state index is 12.5. The Balaban J connectivity index is 1.43. The molecular weight excluding hydrogens is 314 g/mol. The molecule has 3 heterocycles. The van der Waals surface area contributed by atoms with Crippen LogP contribution in [0.2, 0.25) is 0 Å². The number of carbonyl (C=O) groups is 1. The van der Waals surface area contributed by atoms with Gasteiger partial charge in [0.2, 0.25) is 5.91 Å². The zero-order chi connectivity index (χ0) is 17.6. The molecule has 1 N–H and O–H groups in total. The zero-order valence-electron chi connectivity index (χ0n) is 14.9. The summed E-state index contributed by atoms with van der Waals surface area (Å²) in [5.41, 5.74) is 0.576. The Labute approximate surface area is 149 Å². The van der Waals surface area contributed by atoms with Gasteiger partial charge in [-0.15, -0.1) is 0 Å². The molecule has 2 aliphatic rings. The van der Waals surface area contributed by atoms with E-state index in [1.165, 1.54) is 0 Å². The van der Waals surface area contributed by atoms with Crippen molar-refractivity contribution >= 4 is 11.7 Å². The number of pyridine rings is 1. The van der Waals surface area contributed by atoms with Crippen LogP contribution in [0.15, 0.2) is 18.3 Å². The monoisotopic (exact) mass is 341 g/mol. The summed E-state index contributed by atoms with van der Waals surface area (Å²) < 4.78 is 0. The smallest absolute Gasteiger partial charge is 0.236 e. The fraction of sp³-hybridized carbons (Fsp3) is 0.632. The number of amides is 1. The van der Waals surface area contributed by atoms with E-state index in [1.807, 2.05) is 4.90 Å². The number of carbonyl (C=O) groups excluding carboxylic acids is 1. The standard InChI is InChI=1S/C19H27N5O/c1-15-4-9-24(10-5-15)18(25)14-23-8-6-16(13-23)12-22-19-17(11-20)3-2-7-21-19/h2-3,7,15-16H,4-6,8-10,12-14H2,1H3,(H,21,22)/t16-/m1/s1. The number of hydrogen-bond acceptors (Lipinski definition) is 5. The molecule has 0 unspecified atom stereocenters. The predicted molar refractivity (Wildman–Crippen MR) is 97.0 cm³/mol. The molecule has 2 saturated heterocycles. The first kappa shape index (κ1) is 17.7. The first-order valence-electron chi connectivity index (χ1n) is 9.25. The summed E-state index contributed by atoms with van der Waals surface area (Å²) in [6.07, 6.45) is 5.03. The molecule has 1 aromatic heterocycles. The highest BCUT2D eigenvalue weighted by atomic mass is 16.2. The van der Waals surface area contributed by atoms with Gasteiger partial charge < -0.3 is 10.2 Å². The summed E-state index contributed by atoms with van der Waals surface area (Å²) in [6, 6.07) is 5.70. The quantitative estimate of drug-likeness (QED) is 0.886. The van der Waals surface area contributed by atoms with E-state index in [2.05, 4.69) is 28.2 Å². The predicted octanol–water partition coefficient (Wildman–Crippen LogP) is 1.95. The average molecular weight is 341 g/mol. The second-order valence-electron chi connectivity index (χ2n) is 7.35. The number of likely N-dealkylation sites (tertiary alicyclic amines) is 2. The van der Waals surface area contributed by atoms with Crippen LogP contribution in [0.4, 0.5) is 5.82 Å². The molecule has 0 spiro atoms. The fourth-order valence-corrected chi connectivity index (χ4v) is 3.65. The molecule has 1 aromatic rings. The van der Waals surface area contributed by atoms with Crippen LogP contribution in [0.3, 0.4) is 0 Å². The molecule has 2 fully saturated rings. The van der Waals surface area contributed by atoms with E-state index >= 15 is 0 Å². The van der Waals surface area contributed by atoms with Gasteiger partial charge in [-0.2, -0.15) is 5.26 Å². The Bertz CT molecular complexity index is 633. The molecule has 134 valence electrons. The highest BCUT2D eigenvalue weighted by Gasteiger charge is 2.27. The van der Waals surface area contributed by atoms with Crippen molar-refractivity contribution in [2.75, 3.05) is 44.6 Å². The largest absolute Gasteiger partial charge is 0.369 e. The Morgan fingerprint density at radius 1 is 1.36 bits per heavy atom. The van der Waals surface area contributed by atoms with Crippen molar-refractivity contribution in [2.24, 2.45) is 11.8 Å². The molecule has 0 aromatic carbocycles. The van der Waals surface area contributed by atoms with Crippen molar-refractivity contribution in [3.63, 3.8) is 0 Å². The van der Waals surface area contributed by atoms with Gasteiger partial charge in [0.15, 0.2) is 0 Å². The minimum absolute atomic E-state index is 0.275. The van der Waals surface area contributed by atoms with E-state index in [4.69, 9.17) is 5.26 Å². The summed E-state index contributed by atoms with van der Waals surface area (Å²) in [4.78, 5) is 21.0. The Morgan fingerprint density at radius 3 is 2.92 bits per heavy atom. The van der Waals surface area contributed by atoms with E-state index < -0.39 is 0 Å². The zero-order valence-corrected chi connectivity index (χ0v) is 14.9. The minimum Gasteiger partial charge on any atom is -0.369 e. The van der Waals surface area contributed by atoms with Crippen molar-refractivity contribution in [3.05, 3.63) is 23.9 Å². The number of nitriles is 1. The van der Waals surface area contributed by atoms with Crippen molar-refractivity contribution < 1.29 is 4.79 Å².